The molecule has 65 heavy (non-hydrogen) atoms. The first-order valence-corrected chi connectivity index (χ1v) is 23.0. The number of carbonyl (C=O) groups excluding carboxylic acids is 4. The molecule has 0 fully saturated rings. The Morgan fingerprint density at radius 1 is 0.800 bits per heavy atom. The number of hydrogen-bond acceptors (Lipinski definition) is 9. The van der Waals surface area contributed by atoms with Crippen molar-refractivity contribution in [3.8, 4) is 28.1 Å². The standard InChI is InChI=1S/C50H66N8O7/c1-13-27(5)39(24-52-49(61)63-11)47(59)57(29(7)15-3)32(10)46-53-40-20-18-33-22-38-36-19-17-34(21-35(36)26-65-42(38)23-37(33)44(40)55-46)41-25-51-45(54-41)31(9)58(30(8)16-4)48(60)43(28(6)14-2)56-50(62)64-12/h17-25,27-32,39,43H,13-16,26H2,1-12H3,(H,51,54)(H,53,55)(H,56,62)/b52-24+/t27-,28-,29-,30-,31-,32-,39?,43?/m0/s1. The molecule has 0 bridgehead atoms. The van der Waals surface area contributed by atoms with Crippen LogP contribution in [0.4, 0.5) is 9.59 Å². The molecule has 0 aliphatic carbocycles. The summed E-state index contributed by atoms with van der Waals surface area (Å²) in [5.41, 5.74) is 6.46. The summed E-state index contributed by atoms with van der Waals surface area (Å²) in [6.07, 6.45) is 4.73. The van der Waals surface area contributed by atoms with Crippen LogP contribution in [0.15, 0.2) is 53.7 Å². The van der Waals surface area contributed by atoms with Gasteiger partial charge in [0.15, 0.2) is 0 Å². The number of aliphatic imine (C=N–C) groups is 1. The summed E-state index contributed by atoms with van der Waals surface area (Å²) in [6, 6.07) is 12.8. The SMILES string of the molecule is CC[C@H](C)C(/C=N/C(=O)OC)C(=O)N([C@@H](C)CC)[C@@H](C)c1nc2ccc3cc4c(cc3c2[nH]1)OCc1cc(-c2cnc([C@H](C)N(C(=O)C(NC(=O)OC)[C@@H](C)CC)[C@@H](C)CC)[nH]2)ccc1-4. The number of benzene rings is 3. The molecule has 15 heteroatoms. The first-order chi connectivity index (χ1) is 31.1. The molecule has 4 amide bonds. The van der Waals surface area contributed by atoms with Crippen molar-refractivity contribution in [2.45, 2.75) is 132 Å². The van der Waals surface area contributed by atoms with E-state index in [-0.39, 0.29) is 35.7 Å². The van der Waals surface area contributed by atoms with E-state index in [9.17, 15) is 19.2 Å². The van der Waals surface area contributed by atoms with Crippen LogP contribution in [0.25, 0.3) is 44.2 Å². The van der Waals surface area contributed by atoms with E-state index in [4.69, 9.17) is 24.2 Å². The number of ether oxygens (including phenoxy) is 3. The van der Waals surface area contributed by atoms with Crippen LogP contribution < -0.4 is 10.1 Å². The topological polar surface area (TPSA) is 184 Å². The molecule has 0 saturated carbocycles. The first-order valence-electron chi connectivity index (χ1n) is 23.0. The molecule has 6 rings (SSSR count). The van der Waals surface area contributed by atoms with E-state index in [2.05, 4.69) is 56.7 Å². The Bertz CT molecular complexity index is 2550. The Morgan fingerprint density at radius 2 is 1.48 bits per heavy atom. The van der Waals surface area contributed by atoms with E-state index in [1.807, 2.05) is 85.1 Å². The third-order valence-electron chi connectivity index (χ3n) is 13.5. The van der Waals surface area contributed by atoms with Crippen molar-refractivity contribution >= 4 is 52.0 Å². The number of H-pyrrole nitrogens is 2. The molecule has 5 aromatic rings. The largest absolute Gasteiger partial charge is 0.488 e. The third-order valence-corrected chi connectivity index (χ3v) is 13.5. The number of imidazole rings is 2. The van der Waals surface area contributed by atoms with Crippen molar-refractivity contribution in [1.82, 2.24) is 35.1 Å². The molecular weight excluding hydrogens is 825 g/mol. The highest BCUT2D eigenvalue weighted by Crippen LogP contribution is 2.43. The minimum absolute atomic E-state index is 0.0543. The monoisotopic (exact) mass is 891 g/mol. The smallest absolute Gasteiger partial charge is 0.432 e. The van der Waals surface area contributed by atoms with Crippen molar-refractivity contribution in [1.29, 1.82) is 0 Å². The van der Waals surface area contributed by atoms with E-state index in [1.165, 1.54) is 20.4 Å². The summed E-state index contributed by atoms with van der Waals surface area (Å²) < 4.78 is 16.0. The number of amides is 4. The van der Waals surface area contributed by atoms with Gasteiger partial charge in [0, 0.05) is 29.2 Å². The minimum atomic E-state index is -0.746. The lowest BCUT2D eigenvalue weighted by atomic mass is 9.90. The molecule has 3 heterocycles. The molecule has 2 unspecified atom stereocenters. The number of methoxy groups -OCH3 is 2. The van der Waals surface area contributed by atoms with Crippen LogP contribution in [0.2, 0.25) is 0 Å². The zero-order valence-electron chi connectivity index (χ0n) is 39.9. The molecule has 0 spiro atoms. The van der Waals surface area contributed by atoms with Gasteiger partial charge >= 0.3 is 12.2 Å². The molecule has 0 radical (unpaired) electrons. The van der Waals surface area contributed by atoms with Crippen LogP contribution in [0.5, 0.6) is 5.75 Å². The van der Waals surface area contributed by atoms with Gasteiger partial charge in [0.2, 0.25) is 11.8 Å². The van der Waals surface area contributed by atoms with Gasteiger partial charge in [-0.2, -0.15) is 4.99 Å². The maximum Gasteiger partial charge on any atom is 0.432 e. The fourth-order valence-electron chi connectivity index (χ4n) is 8.71. The Morgan fingerprint density at radius 3 is 2.12 bits per heavy atom. The average Bonchev–Trinajstić information content (AvgIpc) is 4.01. The molecule has 348 valence electrons. The van der Waals surface area contributed by atoms with Crippen LogP contribution in [0.1, 0.15) is 124 Å². The molecule has 15 nitrogen and oxygen atoms in total. The Labute approximate surface area is 382 Å². The van der Waals surface area contributed by atoms with Gasteiger partial charge in [-0.25, -0.2) is 19.6 Å². The zero-order chi connectivity index (χ0) is 47.3. The fourth-order valence-corrected chi connectivity index (χ4v) is 8.71. The number of nitrogens with zero attached hydrogens (tertiary/aromatic N) is 5. The second-order valence-corrected chi connectivity index (χ2v) is 17.5. The van der Waals surface area contributed by atoms with Crippen molar-refractivity contribution in [3.05, 3.63) is 65.9 Å². The second-order valence-electron chi connectivity index (χ2n) is 17.5. The zero-order valence-corrected chi connectivity index (χ0v) is 39.9. The summed E-state index contributed by atoms with van der Waals surface area (Å²) in [4.78, 5) is 77.1. The van der Waals surface area contributed by atoms with Gasteiger partial charge in [-0.3, -0.25) is 9.59 Å². The van der Waals surface area contributed by atoms with Gasteiger partial charge in [-0.1, -0.05) is 72.6 Å². The van der Waals surface area contributed by atoms with Gasteiger partial charge in [0.05, 0.1) is 55.1 Å². The maximum atomic E-state index is 14.3. The number of aromatic nitrogens is 4. The van der Waals surface area contributed by atoms with E-state index in [1.54, 1.807) is 6.20 Å². The Balaban J connectivity index is 1.28. The Hall–Kier alpha value is -6.25. The minimum Gasteiger partial charge on any atom is -0.488 e. The number of alkyl carbamates (subject to hydrolysis) is 1. The van der Waals surface area contributed by atoms with Gasteiger partial charge in [-0.15, -0.1) is 0 Å². The molecule has 2 aromatic heterocycles. The highest BCUT2D eigenvalue weighted by molar-refractivity contribution is 6.07. The lowest BCUT2D eigenvalue weighted by molar-refractivity contribution is -0.140. The predicted molar refractivity (Wildman–Crippen MR) is 254 cm³/mol. The van der Waals surface area contributed by atoms with Crippen molar-refractivity contribution in [3.63, 3.8) is 0 Å². The number of aromatic amines is 2. The summed E-state index contributed by atoms with van der Waals surface area (Å²) in [6.45, 7) is 20.4. The summed E-state index contributed by atoms with van der Waals surface area (Å²) in [7, 11) is 2.56. The predicted octanol–water partition coefficient (Wildman–Crippen LogP) is 10.3. The third kappa shape index (κ3) is 9.89. The molecule has 3 aromatic carbocycles. The maximum absolute atomic E-state index is 14.3. The number of fused-ring (bicyclic) bond motifs is 6. The number of rotatable bonds is 17. The molecule has 1 aliphatic heterocycles. The van der Waals surface area contributed by atoms with E-state index in [0.717, 1.165) is 74.8 Å². The molecule has 0 saturated heterocycles. The lowest BCUT2D eigenvalue weighted by Crippen LogP contribution is -2.54. The van der Waals surface area contributed by atoms with E-state index >= 15 is 0 Å². The van der Waals surface area contributed by atoms with Gasteiger partial charge < -0.3 is 39.3 Å². The second kappa shape index (κ2) is 20.7. The van der Waals surface area contributed by atoms with E-state index < -0.39 is 36.2 Å². The molecule has 1 aliphatic rings. The average molecular weight is 891 g/mol. The molecule has 8 atom stereocenters. The van der Waals surface area contributed by atoms with Gasteiger partial charge in [0.1, 0.15) is 30.0 Å². The van der Waals surface area contributed by atoms with Crippen LogP contribution in [-0.2, 0) is 25.7 Å². The fraction of sp³-hybridized carbons (Fsp3) is 0.500. The normalized spacial score (nSPS) is 16.0. The lowest BCUT2D eigenvalue weighted by Gasteiger charge is -2.37. The summed E-state index contributed by atoms with van der Waals surface area (Å²) in [5, 5.41) is 4.74. The number of nitrogens with one attached hydrogen (secondary N) is 3. The first kappa shape index (κ1) is 48.2. The van der Waals surface area contributed by atoms with Gasteiger partial charge in [-0.05, 0) is 98.7 Å². The van der Waals surface area contributed by atoms with Crippen LogP contribution in [0.3, 0.4) is 0 Å². The number of carbonyl (C=O) groups is 4. The van der Waals surface area contributed by atoms with Gasteiger partial charge in [0.25, 0.3) is 0 Å². The highest BCUT2D eigenvalue weighted by atomic mass is 16.5. The quantitative estimate of drug-likeness (QED) is 0.0765. The van der Waals surface area contributed by atoms with Crippen molar-refractivity contribution < 1.29 is 33.4 Å². The van der Waals surface area contributed by atoms with Crippen LogP contribution in [-0.4, -0.2) is 92.3 Å². The highest BCUT2D eigenvalue weighted by Gasteiger charge is 2.37. The van der Waals surface area contributed by atoms with Crippen LogP contribution >= 0.6 is 0 Å². The summed E-state index contributed by atoms with van der Waals surface area (Å²) in [5.74, 6) is 0.989. The molecule has 3 N–H and O–H groups in total. The molecular formula is C50H66N8O7. The Kier molecular flexibility index (Phi) is 15.4. The van der Waals surface area contributed by atoms with Crippen molar-refractivity contribution in [2.75, 3.05) is 14.2 Å². The van der Waals surface area contributed by atoms with Crippen LogP contribution in [0, 0.1) is 17.8 Å². The van der Waals surface area contributed by atoms with E-state index in [0.29, 0.717) is 24.7 Å². The summed E-state index contributed by atoms with van der Waals surface area (Å²) >= 11 is 0. The number of hydrogen-bond donors (Lipinski definition) is 3. The van der Waals surface area contributed by atoms with Crippen molar-refractivity contribution in [2.24, 2.45) is 22.7 Å².